The summed E-state index contributed by atoms with van der Waals surface area (Å²) >= 11 is 0. The van der Waals surface area contributed by atoms with E-state index in [1.165, 1.54) is 16.7 Å². The summed E-state index contributed by atoms with van der Waals surface area (Å²) in [4.78, 5) is 26.8. The Balaban J connectivity index is 1.86. The van der Waals surface area contributed by atoms with E-state index in [-0.39, 0.29) is 5.75 Å². The van der Waals surface area contributed by atoms with Crippen molar-refractivity contribution in [1.82, 2.24) is 9.47 Å². The number of benzene rings is 2. The third kappa shape index (κ3) is 4.68. The smallest absolute Gasteiger partial charge is 0.419 e. The van der Waals surface area contributed by atoms with E-state index in [1.54, 1.807) is 32.0 Å². The number of amides is 1. The molecule has 9 heteroatoms. The van der Waals surface area contributed by atoms with Crippen molar-refractivity contribution in [3.05, 3.63) is 57.6 Å². The molecule has 0 aliphatic carbocycles. The number of fused-ring (bicyclic) bond motifs is 1. The molecule has 0 aliphatic rings. The minimum absolute atomic E-state index is 0.0614. The molecule has 0 aliphatic heterocycles. The molecular weight excluding hydrogens is 396 g/mol. The van der Waals surface area contributed by atoms with E-state index in [1.807, 2.05) is 19.0 Å². The number of alkyl halides is 2. The molecule has 0 radical (unpaired) electrons. The molecule has 2 aromatic carbocycles. The Bertz CT molecular complexity index is 1110. The molecule has 0 bridgehead atoms. The van der Waals surface area contributed by atoms with Gasteiger partial charge in [0.2, 0.25) is 0 Å². The van der Waals surface area contributed by atoms with Crippen molar-refractivity contribution in [3.8, 4) is 5.75 Å². The fourth-order valence-corrected chi connectivity index (χ4v) is 3.21. The summed E-state index contributed by atoms with van der Waals surface area (Å²) in [6.45, 7) is 1.36. The van der Waals surface area contributed by atoms with Crippen molar-refractivity contribution in [1.29, 1.82) is 0 Å². The van der Waals surface area contributed by atoms with Crippen LogP contribution in [0.2, 0.25) is 0 Å². The zero-order chi connectivity index (χ0) is 22.0. The number of rotatable bonds is 7. The first-order chi connectivity index (χ1) is 14.2. The molecule has 3 aromatic rings. The Morgan fingerprint density at radius 1 is 1.20 bits per heavy atom. The van der Waals surface area contributed by atoms with Gasteiger partial charge in [-0.3, -0.25) is 9.36 Å². The standard InChI is InChI=1S/C21H23F2N3O4/c1-12-9-14(10-13(2)18(12)30-20(22)23)19(27)24-15-5-6-17-16(11-15)26(21(28)29-17)8-7-25(3)4/h5-6,9-11,20H,7-8H2,1-4H3,(H,24,27). The minimum Gasteiger partial charge on any atom is -0.434 e. The van der Waals surface area contributed by atoms with E-state index < -0.39 is 18.3 Å². The number of halogens is 2. The SMILES string of the molecule is Cc1cc(C(=O)Nc2ccc3oc(=O)n(CCN(C)C)c3c2)cc(C)c1OC(F)F. The molecule has 0 spiro atoms. The zero-order valence-electron chi connectivity index (χ0n) is 17.2. The minimum atomic E-state index is -2.94. The van der Waals surface area contributed by atoms with E-state index in [0.717, 1.165) is 0 Å². The first-order valence-electron chi connectivity index (χ1n) is 9.31. The first-order valence-corrected chi connectivity index (χ1v) is 9.31. The number of nitrogens with zero attached hydrogens (tertiary/aromatic N) is 2. The van der Waals surface area contributed by atoms with Gasteiger partial charge in [-0.2, -0.15) is 8.78 Å². The highest BCUT2D eigenvalue weighted by Gasteiger charge is 2.16. The number of carbonyl (C=O) groups is 1. The molecule has 160 valence electrons. The van der Waals surface area contributed by atoms with Crippen molar-refractivity contribution in [2.24, 2.45) is 0 Å². The van der Waals surface area contributed by atoms with Crippen molar-refractivity contribution >= 4 is 22.7 Å². The van der Waals surface area contributed by atoms with Gasteiger partial charge in [0.25, 0.3) is 5.91 Å². The third-order valence-corrected chi connectivity index (χ3v) is 4.63. The van der Waals surface area contributed by atoms with Gasteiger partial charge in [0.05, 0.1) is 5.52 Å². The van der Waals surface area contributed by atoms with E-state index in [4.69, 9.17) is 4.42 Å². The number of aromatic nitrogens is 1. The maximum Gasteiger partial charge on any atom is 0.419 e. The highest BCUT2D eigenvalue weighted by molar-refractivity contribution is 6.05. The molecular formula is C21H23F2N3O4. The van der Waals surface area contributed by atoms with Crippen LogP contribution in [0.4, 0.5) is 14.5 Å². The summed E-state index contributed by atoms with van der Waals surface area (Å²) in [7, 11) is 3.81. The van der Waals surface area contributed by atoms with E-state index in [2.05, 4.69) is 10.1 Å². The largest absolute Gasteiger partial charge is 0.434 e. The van der Waals surface area contributed by atoms with Crippen LogP contribution >= 0.6 is 0 Å². The summed E-state index contributed by atoms with van der Waals surface area (Å²) in [5.41, 5.74) is 2.66. The number of carbonyl (C=O) groups excluding carboxylic acids is 1. The fraction of sp³-hybridized carbons (Fsp3) is 0.333. The second kappa shape index (κ2) is 8.66. The molecule has 1 heterocycles. The molecule has 0 saturated heterocycles. The van der Waals surface area contributed by atoms with Gasteiger partial charge in [-0.1, -0.05) is 0 Å². The van der Waals surface area contributed by atoms with E-state index in [0.29, 0.717) is 46.6 Å². The van der Waals surface area contributed by atoms with Gasteiger partial charge in [0.15, 0.2) is 5.58 Å². The Hall–Kier alpha value is -3.20. The van der Waals surface area contributed by atoms with Crippen LogP contribution in [0.25, 0.3) is 11.1 Å². The van der Waals surface area contributed by atoms with Gasteiger partial charge in [0.1, 0.15) is 5.75 Å². The maximum atomic E-state index is 12.7. The van der Waals surface area contributed by atoms with Gasteiger partial charge in [0, 0.05) is 24.3 Å². The van der Waals surface area contributed by atoms with Gasteiger partial charge in [-0.25, -0.2) is 4.79 Å². The summed E-state index contributed by atoms with van der Waals surface area (Å²) in [6, 6.07) is 7.90. The second-order valence-corrected chi connectivity index (χ2v) is 7.28. The molecule has 0 unspecified atom stereocenters. The van der Waals surface area contributed by atoms with Crippen LogP contribution in [0.1, 0.15) is 21.5 Å². The number of ether oxygens (including phenoxy) is 1. The lowest BCUT2D eigenvalue weighted by molar-refractivity contribution is -0.0507. The molecule has 30 heavy (non-hydrogen) atoms. The Morgan fingerprint density at radius 2 is 1.87 bits per heavy atom. The number of likely N-dealkylation sites (N-methyl/N-ethyl adjacent to an activating group) is 1. The fourth-order valence-electron chi connectivity index (χ4n) is 3.21. The number of nitrogens with one attached hydrogen (secondary N) is 1. The van der Waals surface area contributed by atoms with E-state index >= 15 is 0 Å². The van der Waals surface area contributed by atoms with Crippen molar-refractivity contribution in [2.75, 3.05) is 26.0 Å². The highest BCUT2D eigenvalue weighted by atomic mass is 19.3. The molecule has 0 saturated carbocycles. The topological polar surface area (TPSA) is 76.7 Å². The van der Waals surface area contributed by atoms with Crippen LogP contribution < -0.4 is 15.8 Å². The number of hydrogen-bond acceptors (Lipinski definition) is 5. The molecule has 1 aromatic heterocycles. The lowest BCUT2D eigenvalue weighted by atomic mass is 10.0. The van der Waals surface area contributed by atoms with Crippen LogP contribution in [0, 0.1) is 13.8 Å². The molecule has 0 fully saturated rings. The predicted octanol–water partition coefficient (Wildman–Crippen LogP) is 3.63. The molecule has 1 N–H and O–H groups in total. The van der Waals surface area contributed by atoms with Gasteiger partial charge in [-0.05, 0) is 69.4 Å². The van der Waals surface area contributed by atoms with Crippen LogP contribution in [0.15, 0.2) is 39.5 Å². The zero-order valence-corrected chi connectivity index (χ0v) is 17.2. The predicted molar refractivity (Wildman–Crippen MR) is 110 cm³/mol. The average Bonchev–Trinajstić information content (AvgIpc) is 2.97. The summed E-state index contributed by atoms with van der Waals surface area (Å²) in [6.07, 6.45) is 0. The molecule has 7 nitrogen and oxygen atoms in total. The number of anilines is 1. The monoisotopic (exact) mass is 419 g/mol. The Kier molecular flexibility index (Phi) is 6.21. The second-order valence-electron chi connectivity index (χ2n) is 7.28. The quantitative estimate of drug-likeness (QED) is 0.633. The van der Waals surface area contributed by atoms with Crippen molar-refractivity contribution in [2.45, 2.75) is 27.0 Å². The highest BCUT2D eigenvalue weighted by Crippen LogP contribution is 2.27. The number of hydrogen-bond donors (Lipinski definition) is 1. The van der Waals surface area contributed by atoms with Crippen molar-refractivity contribution in [3.63, 3.8) is 0 Å². The molecule has 0 atom stereocenters. The first kappa shape index (κ1) is 21.5. The average molecular weight is 419 g/mol. The Labute approximate surface area is 171 Å². The number of aryl methyl sites for hydroxylation is 2. The van der Waals surface area contributed by atoms with Gasteiger partial charge >= 0.3 is 12.4 Å². The summed E-state index contributed by atoms with van der Waals surface area (Å²) in [5, 5.41) is 2.77. The van der Waals surface area contributed by atoms with Crippen LogP contribution in [-0.4, -0.2) is 42.6 Å². The number of oxazole rings is 1. The third-order valence-electron chi connectivity index (χ3n) is 4.63. The van der Waals surface area contributed by atoms with Gasteiger partial charge in [-0.15, -0.1) is 0 Å². The summed E-state index contributed by atoms with van der Waals surface area (Å²) in [5.74, 6) is -0.808. The van der Waals surface area contributed by atoms with E-state index in [9.17, 15) is 18.4 Å². The van der Waals surface area contributed by atoms with Crippen molar-refractivity contribution < 1.29 is 22.7 Å². The van der Waals surface area contributed by atoms with Gasteiger partial charge < -0.3 is 19.4 Å². The van der Waals surface area contributed by atoms with Crippen LogP contribution in [0.3, 0.4) is 0 Å². The van der Waals surface area contributed by atoms with Crippen LogP contribution in [-0.2, 0) is 6.54 Å². The van der Waals surface area contributed by atoms with Crippen LogP contribution in [0.5, 0.6) is 5.75 Å². The normalized spacial score (nSPS) is 11.5. The molecule has 1 amide bonds. The lowest BCUT2D eigenvalue weighted by Crippen LogP contribution is -2.23. The maximum absolute atomic E-state index is 12.7. The summed E-state index contributed by atoms with van der Waals surface area (Å²) < 4.78 is 36.4. The Morgan fingerprint density at radius 3 is 2.47 bits per heavy atom. The molecule has 3 rings (SSSR count). The lowest BCUT2D eigenvalue weighted by Gasteiger charge is -2.13.